The number of aliphatic hydroxyl groups is 1. The Bertz CT molecular complexity index is 651. The molecule has 1 heterocycles. The van der Waals surface area contributed by atoms with Crippen LogP contribution in [0.15, 0.2) is 36.4 Å². The first-order chi connectivity index (χ1) is 11.3. The van der Waals surface area contributed by atoms with Crippen LogP contribution in [0.3, 0.4) is 0 Å². The normalized spacial score (nSPS) is 12.4. The average molecular weight is 316 g/mol. The maximum Gasteiger partial charge on any atom is 0.231 e. The molecule has 5 heteroatoms. The summed E-state index contributed by atoms with van der Waals surface area (Å²) in [5.41, 5.74) is 3.11. The van der Waals surface area contributed by atoms with E-state index in [9.17, 15) is 5.11 Å². The summed E-state index contributed by atoms with van der Waals surface area (Å²) in [5, 5.41) is 9.22. The van der Waals surface area contributed by atoms with E-state index in [-0.39, 0.29) is 13.4 Å². The van der Waals surface area contributed by atoms with Crippen molar-refractivity contribution in [3.63, 3.8) is 0 Å². The summed E-state index contributed by atoms with van der Waals surface area (Å²) in [7, 11) is 1.65. The molecule has 1 aliphatic rings. The quantitative estimate of drug-likeness (QED) is 0.851. The average Bonchev–Trinajstić information content (AvgIpc) is 3.03. The van der Waals surface area contributed by atoms with Crippen molar-refractivity contribution in [1.29, 1.82) is 0 Å². The van der Waals surface area contributed by atoms with Gasteiger partial charge in [0.25, 0.3) is 0 Å². The zero-order valence-electron chi connectivity index (χ0n) is 13.1. The van der Waals surface area contributed by atoms with Crippen LogP contribution in [-0.4, -0.2) is 25.6 Å². The highest BCUT2D eigenvalue weighted by Gasteiger charge is 2.17. The lowest BCUT2D eigenvalue weighted by Gasteiger charge is -2.11. The highest BCUT2D eigenvalue weighted by Crippen LogP contribution is 2.35. The lowest BCUT2D eigenvalue weighted by atomic mass is 10.0. The van der Waals surface area contributed by atoms with Crippen LogP contribution in [0.5, 0.6) is 17.2 Å². The number of hydrogen-bond donors (Lipinski definition) is 1. The first-order valence-corrected chi connectivity index (χ1v) is 7.53. The second kappa shape index (κ2) is 7.35. The van der Waals surface area contributed by atoms with Gasteiger partial charge in [-0.2, -0.15) is 0 Å². The summed E-state index contributed by atoms with van der Waals surface area (Å²) in [6, 6.07) is 11.6. The molecule has 1 aliphatic heterocycles. The highest BCUT2D eigenvalue weighted by atomic mass is 16.7. The van der Waals surface area contributed by atoms with Gasteiger partial charge in [-0.25, -0.2) is 0 Å². The van der Waals surface area contributed by atoms with Crippen molar-refractivity contribution < 1.29 is 24.1 Å². The maximum absolute atomic E-state index is 9.22. The fourth-order valence-electron chi connectivity index (χ4n) is 2.51. The van der Waals surface area contributed by atoms with Crippen LogP contribution in [0.4, 0.5) is 0 Å². The molecule has 3 rings (SSSR count). The number of benzene rings is 2. The summed E-state index contributed by atoms with van der Waals surface area (Å²) in [5.74, 6) is 2.29. The fraction of sp³-hybridized carbons (Fsp3) is 0.333. The zero-order valence-corrected chi connectivity index (χ0v) is 13.1. The van der Waals surface area contributed by atoms with Gasteiger partial charge in [-0.05, 0) is 47.4 Å². The van der Waals surface area contributed by atoms with Crippen LogP contribution in [0.1, 0.15) is 16.7 Å². The van der Waals surface area contributed by atoms with Crippen LogP contribution < -0.4 is 14.2 Å². The Morgan fingerprint density at radius 3 is 2.35 bits per heavy atom. The number of methoxy groups -OCH3 is 1. The summed E-state index contributed by atoms with van der Waals surface area (Å²) in [6.07, 6.45) is 0.567. The Morgan fingerprint density at radius 2 is 1.70 bits per heavy atom. The second-order valence-electron chi connectivity index (χ2n) is 5.29. The van der Waals surface area contributed by atoms with Gasteiger partial charge in [0.1, 0.15) is 5.75 Å². The van der Waals surface area contributed by atoms with Crippen molar-refractivity contribution in [2.45, 2.75) is 19.6 Å². The minimum atomic E-state index is 0.0884. The molecule has 0 amide bonds. The Balaban J connectivity index is 1.64. The van der Waals surface area contributed by atoms with Gasteiger partial charge in [-0.15, -0.1) is 0 Å². The molecular weight excluding hydrogens is 296 g/mol. The van der Waals surface area contributed by atoms with E-state index in [1.165, 1.54) is 0 Å². The summed E-state index contributed by atoms with van der Waals surface area (Å²) < 4.78 is 21.7. The molecule has 0 aliphatic carbocycles. The molecule has 0 unspecified atom stereocenters. The molecule has 0 spiro atoms. The van der Waals surface area contributed by atoms with Crippen molar-refractivity contribution in [1.82, 2.24) is 0 Å². The zero-order chi connectivity index (χ0) is 16.1. The summed E-state index contributed by atoms with van der Waals surface area (Å²) in [4.78, 5) is 0. The van der Waals surface area contributed by atoms with Gasteiger partial charge < -0.3 is 24.1 Å². The lowest BCUT2D eigenvalue weighted by Crippen LogP contribution is -2.01. The predicted molar refractivity (Wildman–Crippen MR) is 84.8 cm³/mol. The van der Waals surface area contributed by atoms with Gasteiger partial charge in [0.2, 0.25) is 6.79 Å². The topological polar surface area (TPSA) is 57.2 Å². The van der Waals surface area contributed by atoms with Crippen molar-refractivity contribution in [3.05, 3.63) is 53.1 Å². The van der Waals surface area contributed by atoms with E-state index in [4.69, 9.17) is 18.9 Å². The molecule has 0 fully saturated rings. The lowest BCUT2D eigenvalue weighted by molar-refractivity contribution is 0.106. The largest absolute Gasteiger partial charge is 0.497 e. The molecule has 2 aromatic rings. The van der Waals surface area contributed by atoms with Crippen LogP contribution in [-0.2, 0) is 24.4 Å². The first kappa shape index (κ1) is 15.6. The Kier molecular flexibility index (Phi) is 5.00. The predicted octanol–water partition coefficient (Wildman–Crippen LogP) is 2.68. The van der Waals surface area contributed by atoms with E-state index in [0.717, 1.165) is 33.9 Å². The number of aliphatic hydroxyl groups excluding tert-OH is 1. The molecule has 0 aromatic heterocycles. The molecule has 0 saturated heterocycles. The van der Waals surface area contributed by atoms with Crippen LogP contribution in [0.25, 0.3) is 0 Å². The van der Waals surface area contributed by atoms with Crippen molar-refractivity contribution in [2.75, 3.05) is 20.5 Å². The third kappa shape index (κ3) is 3.75. The van der Waals surface area contributed by atoms with Gasteiger partial charge >= 0.3 is 0 Å². The van der Waals surface area contributed by atoms with Crippen molar-refractivity contribution >= 4 is 0 Å². The first-order valence-electron chi connectivity index (χ1n) is 7.53. The summed E-state index contributed by atoms with van der Waals surface area (Å²) in [6.45, 7) is 1.30. The highest BCUT2D eigenvalue weighted by molar-refractivity contribution is 5.48. The van der Waals surface area contributed by atoms with Gasteiger partial charge in [0, 0.05) is 6.61 Å². The number of ether oxygens (including phenoxy) is 4. The SMILES string of the molecule is COc1ccc(COCc2cc3c(cc2CCO)OCO3)cc1. The second-order valence-corrected chi connectivity index (χ2v) is 5.29. The van der Waals surface area contributed by atoms with Gasteiger partial charge in [0.15, 0.2) is 11.5 Å². The fourth-order valence-corrected chi connectivity index (χ4v) is 2.51. The van der Waals surface area contributed by atoms with E-state index in [1.807, 2.05) is 36.4 Å². The Morgan fingerprint density at radius 1 is 1.00 bits per heavy atom. The molecule has 23 heavy (non-hydrogen) atoms. The standard InChI is InChI=1S/C18H20O5/c1-20-16-4-2-13(3-5-16)10-21-11-15-9-18-17(22-12-23-18)8-14(15)6-7-19/h2-5,8-9,19H,6-7,10-12H2,1H3. The van der Waals surface area contributed by atoms with E-state index in [1.54, 1.807) is 7.11 Å². The number of fused-ring (bicyclic) bond motifs is 1. The van der Waals surface area contributed by atoms with Crippen molar-refractivity contribution in [2.24, 2.45) is 0 Å². The van der Waals surface area contributed by atoms with E-state index >= 15 is 0 Å². The molecule has 5 nitrogen and oxygen atoms in total. The van der Waals surface area contributed by atoms with E-state index in [2.05, 4.69) is 0 Å². The van der Waals surface area contributed by atoms with Gasteiger partial charge in [0.05, 0.1) is 20.3 Å². The molecule has 122 valence electrons. The Hall–Kier alpha value is -2.24. The molecule has 0 saturated carbocycles. The maximum atomic E-state index is 9.22. The van der Waals surface area contributed by atoms with Gasteiger partial charge in [-0.3, -0.25) is 0 Å². The Labute approximate surface area is 135 Å². The molecule has 0 radical (unpaired) electrons. The van der Waals surface area contributed by atoms with Crippen molar-refractivity contribution in [3.8, 4) is 17.2 Å². The monoisotopic (exact) mass is 316 g/mol. The molecule has 2 aromatic carbocycles. The number of hydrogen-bond acceptors (Lipinski definition) is 5. The van der Waals surface area contributed by atoms with Crippen LogP contribution in [0, 0.1) is 0 Å². The minimum Gasteiger partial charge on any atom is -0.497 e. The van der Waals surface area contributed by atoms with E-state index < -0.39 is 0 Å². The molecule has 0 bridgehead atoms. The number of rotatable bonds is 7. The summed E-state index contributed by atoms with van der Waals surface area (Å²) >= 11 is 0. The smallest absolute Gasteiger partial charge is 0.231 e. The van der Waals surface area contributed by atoms with Gasteiger partial charge in [-0.1, -0.05) is 12.1 Å². The third-order valence-corrected chi connectivity index (χ3v) is 3.76. The van der Waals surface area contributed by atoms with Crippen LogP contribution in [0.2, 0.25) is 0 Å². The minimum absolute atomic E-state index is 0.0884. The molecule has 0 atom stereocenters. The molecular formula is C18H20O5. The van der Waals surface area contributed by atoms with E-state index in [0.29, 0.717) is 19.6 Å². The van der Waals surface area contributed by atoms with Crippen LogP contribution >= 0.6 is 0 Å². The molecule has 1 N–H and O–H groups in total. The third-order valence-electron chi connectivity index (χ3n) is 3.76.